The van der Waals surface area contributed by atoms with Crippen molar-refractivity contribution in [3.05, 3.63) is 39.3 Å². The first-order valence-electron chi connectivity index (χ1n) is 8.54. The summed E-state index contributed by atoms with van der Waals surface area (Å²) < 4.78 is 0.853. The molecule has 2 aromatic rings. The van der Waals surface area contributed by atoms with Crippen LogP contribution in [0.25, 0.3) is 0 Å². The minimum Gasteiger partial charge on any atom is -0.310 e. The van der Waals surface area contributed by atoms with Crippen LogP contribution in [0.2, 0.25) is 0 Å². The summed E-state index contributed by atoms with van der Waals surface area (Å²) in [5, 5.41) is 3.56. The van der Waals surface area contributed by atoms with Crippen LogP contribution in [-0.2, 0) is 22.6 Å². The van der Waals surface area contributed by atoms with E-state index in [2.05, 4.69) is 38.2 Å². The molecule has 1 saturated heterocycles. The van der Waals surface area contributed by atoms with Gasteiger partial charge in [-0.25, -0.2) is 4.98 Å². The molecule has 26 heavy (non-hydrogen) atoms. The molecule has 1 aromatic carbocycles. The molecular weight excluding hydrogens is 416 g/mol. The van der Waals surface area contributed by atoms with E-state index in [-0.39, 0.29) is 24.2 Å². The van der Waals surface area contributed by atoms with E-state index in [0.29, 0.717) is 11.7 Å². The molecule has 1 fully saturated rings. The standard InChI is InChI=1S/C18H19BrN4O2S/c1-22-7-6-13-15(10-22)26-18(20-13)21-17(25)11-8-16(24)23(9-11)14-5-3-2-4-12(14)19/h2-5,11H,6-10H2,1H3,(H,20,21,25). The molecule has 8 heteroatoms. The smallest absolute Gasteiger partial charge is 0.231 e. The first-order valence-corrected chi connectivity index (χ1v) is 10.1. The molecule has 136 valence electrons. The third-order valence-electron chi connectivity index (χ3n) is 4.79. The van der Waals surface area contributed by atoms with Crippen molar-refractivity contribution in [1.82, 2.24) is 9.88 Å². The zero-order valence-corrected chi connectivity index (χ0v) is 16.8. The fourth-order valence-corrected chi connectivity index (χ4v) is 4.96. The third kappa shape index (κ3) is 3.41. The van der Waals surface area contributed by atoms with E-state index in [4.69, 9.17) is 0 Å². The number of carbonyl (C=O) groups is 2. The van der Waals surface area contributed by atoms with Crippen LogP contribution in [0.1, 0.15) is 17.0 Å². The minimum absolute atomic E-state index is 0.0305. The Morgan fingerprint density at radius 3 is 3.00 bits per heavy atom. The largest absolute Gasteiger partial charge is 0.310 e. The number of nitrogens with zero attached hydrogens (tertiary/aromatic N) is 3. The first kappa shape index (κ1) is 17.6. The number of hydrogen-bond donors (Lipinski definition) is 1. The van der Waals surface area contributed by atoms with Crippen LogP contribution < -0.4 is 10.2 Å². The molecule has 0 bridgehead atoms. The molecule has 0 spiro atoms. The summed E-state index contributed by atoms with van der Waals surface area (Å²) in [7, 11) is 2.08. The second-order valence-electron chi connectivity index (χ2n) is 6.72. The van der Waals surface area contributed by atoms with Gasteiger partial charge in [0.2, 0.25) is 11.8 Å². The lowest BCUT2D eigenvalue weighted by molar-refractivity contribution is -0.122. The van der Waals surface area contributed by atoms with Gasteiger partial charge in [0.05, 0.1) is 17.3 Å². The number of thiazole rings is 1. The first-order chi connectivity index (χ1) is 12.5. The zero-order valence-electron chi connectivity index (χ0n) is 14.4. The number of halogens is 1. The predicted octanol–water partition coefficient (Wildman–Crippen LogP) is 2.89. The monoisotopic (exact) mass is 434 g/mol. The summed E-state index contributed by atoms with van der Waals surface area (Å²) in [5.41, 5.74) is 1.89. The summed E-state index contributed by atoms with van der Waals surface area (Å²) in [6, 6.07) is 7.57. The Balaban J connectivity index is 1.45. The number of likely N-dealkylation sites (N-methyl/N-ethyl adjacent to an activating group) is 1. The highest BCUT2D eigenvalue weighted by Gasteiger charge is 2.36. The van der Waals surface area contributed by atoms with Gasteiger partial charge in [-0.1, -0.05) is 12.1 Å². The lowest BCUT2D eigenvalue weighted by Crippen LogP contribution is -2.28. The lowest BCUT2D eigenvalue weighted by Gasteiger charge is -2.20. The number of aromatic nitrogens is 1. The summed E-state index contributed by atoms with van der Waals surface area (Å²) in [6.07, 6.45) is 1.14. The van der Waals surface area contributed by atoms with Crippen molar-refractivity contribution in [2.24, 2.45) is 5.92 Å². The van der Waals surface area contributed by atoms with Crippen LogP contribution in [0.5, 0.6) is 0 Å². The van der Waals surface area contributed by atoms with Crippen molar-refractivity contribution in [1.29, 1.82) is 0 Å². The van der Waals surface area contributed by atoms with Crippen LogP contribution in [0.15, 0.2) is 28.7 Å². The van der Waals surface area contributed by atoms with Gasteiger partial charge in [0.15, 0.2) is 5.13 Å². The van der Waals surface area contributed by atoms with E-state index in [1.54, 1.807) is 4.90 Å². The second kappa shape index (κ2) is 7.09. The van der Waals surface area contributed by atoms with Gasteiger partial charge in [0.1, 0.15) is 0 Å². The number of nitrogens with one attached hydrogen (secondary N) is 1. The molecule has 0 saturated carbocycles. The molecule has 4 rings (SSSR count). The number of hydrogen-bond acceptors (Lipinski definition) is 5. The third-order valence-corrected chi connectivity index (χ3v) is 6.46. The van der Waals surface area contributed by atoms with Gasteiger partial charge in [-0.15, -0.1) is 11.3 Å². The number of amides is 2. The Kier molecular flexibility index (Phi) is 4.81. The van der Waals surface area contributed by atoms with Gasteiger partial charge >= 0.3 is 0 Å². The molecule has 1 atom stereocenters. The molecule has 1 aromatic heterocycles. The summed E-state index contributed by atoms with van der Waals surface area (Å²) in [5.74, 6) is -0.525. The van der Waals surface area contributed by atoms with Crippen LogP contribution in [0, 0.1) is 5.92 Å². The van der Waals surface area contributed by atoms with Gasteiger partial charge in [0, 0.05) is 41.8 Å². The normalized spacial score (nSPS) is 20.3. The van der Waals surface area contributed by atoms with E-state index in [1.165, 1.54) is 16.2 Å². The quantitative estimate of drug-likeness (QED) is 0.806. The van der Waals surface area contributed by atoms with Gasteiger partial charge in [-0.3, -0.25) is 9.59 Å². The Morgan fingerprint density at radius 2 is 2.19 bits per heavy atom. The van der Waals surface area contributed by atoms with Gasteiger partial charge < -0.3 is 15.1 Å². The van der Waals surface area contributed by atoms with Crippen molar-refractivity contribution >= 4 is 49.9 Å². The maximum absolute atomic E-state index is 12.7. The predicted molar refractivity (Wildman–Crippen MR) is 105 cm³/mol. The topological polar surface area (TPSA) is 65.5 Å². The number of anilines is 2. The summed E-state index contributed by atoms with van der Waals surface area (Å²) in [6.45, 7) is 2.25. The Morgan fingerprint density at radius 1 is 1.38 bits per heavy atom. The molecule has 1 unspecified atom stereocenters. The SMILES string of the molecule is CN1CCc2nc(NC(=O)C3CC(=O)N(c4ccccc4Br)C3)sc2C1. The van der Waals surface area contributed by atoms with E-state index in [1.807, 2.05) is 24.3 Å². The van der Waals surface area contributed by atoms with Crippen LogP contribution in [-0.4, -0.2) is 41.8 Å². The molecule has 2 amide bonds. The molecular formula is C18H19BrN4O2S. The van der Waals surface area contributed by atoms with Crippen molar-refractivity contribution < 1.29 is 9.59 Å². The Bertz CT molecular complexity index is 869. The molecule has 2 aliphatic rings. The van der Waals surface area contributed by atoms with E-state index in [9.17, 15) is 9.59 Å². The molecule has 2 aliphatic heterocycles. The second-order valence-corrected chi connectivity index (χ2v) is 8.66. The highest BCUT2D eigenvalue weighted by atomic mass is 79.9. The van der Waals surface area contributed by atoms with Gasteiger partial charge in [-0.05, 0) is 35.1 Å². The van der Waals surface area contributed by atoms with Crippen LogP contribution >= 0.6 is 27.3 Å². The maximum Gasteiger partial charge on any atom is 0.231 e. The molecule has 1 N–H and O–H groups in total. The van der Waals surface area contributed by atoms with E-state index >= 15 is 0 Å². The summed E-state index contributed by atoms with van der Waals surface area (Å²) in [4.78, 5) is 34.7. The Hall–Kier alpha value is -1.77. The lowest BCUT2D eigenvalue weighted by atomic mass is 10.1. The fraction of sp³-hybridized carbons (Fsp3) is 0.389. The van der Waals surface area contributed by atoms with Crippen molar-refractivity contribution in [2.75, 3.05) is 30.4 Å². The van der Waals surface area contributed by atoms with E-state index < -0.39 is 0 Å². The molecule has 0 radical (unpaired) electrons. The van der Waals surface area contributed by atoms with Crippen molar-refractivity contribution in [2.45, 2.75) is 19.4 Å². The molecule has 0 aliphatic carbocycles. The average molecular weight is 435 g/mol. The number of fused-ring (bicyclic) bond motifs is 1. The number of rotatable bonds is 3. The average Bonchev–Trinajstić information content (AvgIpc) is 3.18. The van der Waals surface area contributed by atoms with Crippen LogP contribution in [0.4, 0.5) is 10.8 Å². The minimum atomic E-state index is -0.363. The maximum atomic E-state index is 12.7. The molecule has 6 nitrogen and oxygen atoms in total. The number of para-hydroxylation sites is 1. The van der Waals surface area contributed by atoms with Crippen molar-refractivity contribution in [3.8, 4) is 0 Å². The molecule has 3 heterocycles. The zero-order chi connectivity index (χ0) is 18.3. The highest BCUT2D eigenvalue weighted by molar-refractivity contribution is 9.10. The van der Waals surface area contributed by atoms with Crippen LogP contribution in [0.3, 0.4) is 0 Å². The van der Waals surface area contributed by atoms with Crippen molar-refractivity contribution in [3.63, 3.8) is 0 Å². The number of carbonyl (C=O) groups excluding carboxylic acids is 2. The fourth-order valence-electron chi connectivity index (χ4n) is 3.37. The number of benzene rings is 1. The summed E-state index contributed by atoms with van der Waals surface area (Å²) >= 11 is 5.01. The van der Waals surface area contributed by atoms with Gasteiger partial charge in [0.25, 0.3) is 0 Å². The van der Waals surface area contributed by atoms with Gasteiger partial charge in [-0.2, -0.15) is 0 Å². The van der Waals surface area contributed by atoms with E-state index in [0.717, 1.165) is 35.4 Å². The highest BCUT2D eigenvalue weighted by Crippen LogP contribution is 2.32. The Labute approximate surface area is 164 Å².